The molecule has 0 saturated heterocycles. The van der Waals surface area contributed by atoms with E-state index < -0.39 is 0 Å². The van der Waals surface area contributed by atoms with E-state index in [9.17, 15) is 0 Å². The molecule has 0 bridgehead atoms. The minimum Gasteiger partial charge on any atom is -0.496 e. The summed E-state index contributed by atoms with van der Waals surface area (Å²) < 4.78 is 5.44. The topological polar surface area (TPSA) is 34.1 Å². The van der Waals surface area contributed by atoms with E-state index in [1.807, 2.05) is 12.3 Å². The van der Waals surface area contributed by atoms with Gasteiger partial charge in [0.25, 0.3) is 0 Å². The van der Waals surface area contributed by atoms with Crippen molar-refractivity contribution < 1.29 is 4.74 Å². The van der Waals surface area contributed by atoms with E-state index in [0.717, 1.165) is 22.9 Å². The molecule has 0 saturated carbocycles. The van der Waals surface area contributed by atoms with Gasteiger partial charge in [-0.05, 0) is 24.6 Å². The van der Waals surface area contributed by atoms with Crippen molar-refractivity contribution >= 4 is 11.3 Å². The molecule has 19 heavy (non-hydrogen) atoms. The molecule has 0 atom stereocenters. The monoisotopic (exact) mass is 276 g/mol. The Labute approximate surface area is 118 Å². The number of hydrogen-bond donors (Lipinski definition) is 1. The second-order valence-corrected chi connectivity index (χ2v) is 5.99. The second-order valence-electron chi connectivity index (χ2n) is 4.87. The van der Waals surface area contributed by atoms with Gasteiger partial charge in [0.15, 0.2) is 0 Å². The summed E-state index contributed by atoms with van der Waals surface area (Å²) >= 11 is 1.71. The molecular formula is C15H20N2OS. The van der Waals surface area contributed by atoms with E-state index in [0.29, 0.717) is 6.04 Å². The number of nitrogens with zero attached hydrogens (tertiary/aromatic N) is 1. The molecule has 0 aliphatic heterocycles. The Morgan fingerprint density at radius 3 is 2.84 bits per heavy atom. The molecule has 0 amide bonds. The van der Waals surface area contributed by atoms with Gasteiger partial charge in [0.2, 0.25) is 0 Å². The van der Waals surface area contributed by atoms with Crippen molar-refractivity contribution in [1.29, 1.82) is 0 Å². The third kappa shape index (κ3) is 3.55. The maximum Gasteiger partial charge on any atom is 0.129 e. The smallest absolute Gasteiger partial charge is 0.129 e. The first-order chi connectivity index (χ1) is 9.10. The Morgan fingerprint density at radius 1 is 1.37 bits per heavy atom. The number of benzene rings is 1. The maximum absolute atomic E-state index is 5.44. The molecular weight excluding hydrogens is 256 g/mol. The molecule has 0 aliphatic rings. The van der Waals surface area contributed by atoms with Crippen LogP contribution in [0, 0.1) is 6.92 Å². The van der Waals surface area contributed by atoms with Gasteiger partial charge in [0, 0.05) is 23.7 Å². The average molecular weight is 276 g/mol. The van der Waals surface area contributed by atoms with Crippen LogP contribution in [0.4, 0.5) is 0 Å². The van der Waals surface area contributed by atoms with Crippen LogP contribution in [0.5, 0.6) is 5.75 Å². The lowest BCUT2D eigenvalue weighted by atomic mass is 10.1. The molecule has 3 nitrogen and oxygen atoms in total. The van der Waals surface area contributed by atoms with Crippen LogP contribution in [0.2, 0.25) is 0 Å². The van der Waals surface area contributed by atoms with Crippen LogP contribution in [-0.4, -0.2) is 18.1 Å². The van der Waals surface area contributed by atoms with Gasteiger partial charge >= 0.3 is 0 Å². The average Bonchev–Trinajstić information content (AvgIpc) is 2.84. The molecule has 1 N–H and O–H groups in total. The highest BCUT2D eigenvalue weighted by molar-refractivity contribution is 7.15. The summed E-state index contributed by atoms with van der Waals surface area (Å²) in [4.78, 5) is 5.74. The Morgan fingerprint density at radius 2 is 2.16 bits per heavy atom. The fourth-order valence-electron chi connectivity index (χ4n) is 1.79. The molecule has 1 heterocycles. The molecule has 2 aromatic rings. The predicted molar refractivity (Wildman–Crippen MR) is 80.8 cm³/mol. The molecule has 0 aliphatic carbocycles. The highest BCUT2D eigenvalue weighted by Gasteiger charge is 2.10. The first kappa shape index (κ1) is 14.0. The standard InChI is InChI=1S/C15H20N2OS/c1-10(2)16-8-12-9-17-15(19-12)13-6-5-11(3)7-14(13)18-4/h5-7,9-10,16H,8H2,1-4H3. The van der Waals surface area contributed by atoms with Gasteiger partial charge in [-0.2, -0.15) is 0 Å². The predicted octanol–water partition coefficient (Wildman–Crippen LogP) is 3.63. The number of hydrogen-bond acceptors (Lipinski definition) is 4. The highest BCUT2D eigenvalue weighted by Crippen LogP contribution is 2.33. The van der Waals surface area contributed by atoms with Crippen LogP contribution >= 0.6 is 11.3 Å². The van der Waals surface area contributed by atoms with Crippen LogP contribution in [0.25, 0.3) is 10.6 Å². The van der Waals surface area contributed by atoms with E-state index >= 15 is 0 Å². The van der Waals surface area contributed by atoms with Crippen molar-refractivity contribution in [1.82, 2.24) is 10.3 Å². The summed E-state index contributed by atoms with van der Waals surface area (Å²) in [5.74, 6) is 0.887. The van der Waals surface area contributed by atoms with E-state index in [4.69, 9.17) is 4.74 Å². The zero-order chi connectivity index (χ0) is 13.8. The summed E-state index contributed by atoms with van der Waals surface area (Å²) in [7, 11) is 1.70. The Bertz CT molecular complexity index is 549. The first-order valence-electron chi connectivity index (χ1n) is 6.43. The Hall–Kier alpha value is -1.39. The Balaban J connectivity index is 2.22. The van der Waals surface area contributed by atoms with Crippen LogP contribution in [0.15, 0.2) is 24.4 Å². The number of ether oxygens (including phenoxy) is 1. The number of methoxy groups -OCH3 is 1. The van der Waals surface area contributed by atoms with Gasteiger partial charge in [-0.25, -0.2) is 4.98 Å². The van der Waals surface area contributed by atoms with Crippen molar-refractivity contribution in [2.45, 2.75) is 33.4 Å². The van der Waals surface area contributed by atoms with Crippen LogP contribution in [0.1, 0.15) is 24.3 Å². The van der Waals surface area contributed by atoms with Crippen molar-refractivity contribution in [3.8, 4) is 16.3 Å². The van der Waals surface area contributed by atoms with Gasteiger partial charge in [0.05, 0.1) is 12.7 Å². The number of rotatable bonds is 5. The summed E-state index contributed by atoms with van der Waals surface area (Å²) in [5, 5.41) is 4.41. The number of nitrogens with one attached hydrogen (secondary N) is 1. The third-order valence-electron chi connectivity index (χ3n) is 2.83. The lowest BCUT2D eigenvalue weighted by molar-refractivity contribution is 0.416. The lowest BCUT2D eigenvalue weighted by Gasteiger charge is -2.07. The molecule has 102 valence electrons. The fraction of sp³-hybridized carbons (Fsp3) is 0.400. The van der Waals surface area contributed by atoms with E-state index in [1.165, 1.54) is 10.4 Å². The van der Waals surface area contributed by atoms with E-state index in [2.05, 4.69) is 43.2 Å². The van der Waals surface area contributed by atoms with Crippen molar-refractivity contribution in [2.75, 3.05) is 7.11 Å². The fourth-order valence-corrected chi connectivity index (χ4v) is 2.69. The summed E-state index contributed by atoms with van der Waals surface area (Å²) in [6, 6.07) is 6.69. The zero-order valence-corrected chi connectivity index (χ0v) is 12.7. The maximum atomic E-state index is 5.44. The minimum atomic E-state index is 0.486. The van der Waals surface area contributed by atoms with Crippen LogP contribution < -0.4 is 10.1 Å². The largest absolute Gasteiger partial charge is 0.496 e. The minimum absolute atomic E-state index is 0.486. The Kier molecular flexibility index (Phi) is 4.56. The number of aryl methyl sites for hydroxylation is 1. The summed E-state index contributed by atoms with van der Waals surface area (Å²) in [5.41, 5.74) is 2.26. The first-order valence-corrected chi connectivity index (χ1v) is 7.25. The lowest BCUT2D eigenvalue weighted by Crippen LogP contribution is -2.21. The van der Waals surface area contributed by atoms with Gasteiger partial charge in [-0.1, -0.05) is 19.9 Å². The SMILES string of the molecule is COc1cc(C)ccc1-c1ncc(CNC(C)C)s1. The molecule has 0 radical (unpaired) electrons. The van der Waals surface area contributed by atoms with Gasteiger partial charge in [0.1, 0.15) is 10.8 Å². The zero-order valence-electron chi connectivity index (χ0n) is 11.9. The normalized spacial score (nSPS) is 11.0. The van der Waals surface area contributed by atoms with Gasteiger partial charge in [-0.3, -0.25) is 0 Å². The molecule has 1 aromatic heterocycles. The van der Waals surface area contributed by atoms with Crippen LogP contribution in [0.3, 0.4) is 0 Å². The second kappa shape index (κ2) is 6.17. The molecule has 1 aromatic carbocycles. The van der Waals surface area contributed by atoms with Crippen LogP contribution in [-0.2, 0) is 6.54 Å². The van der Waals surface area contributed by atoms with Crippen molar-refractivity contribution in [2.24, 2.45) is 0 Å². The van der Waals surface area contributed by atoms with Gasteiger partial charge in [-0.15, -0.1) is 11.3 Å². The molecule has 2 rings (SSSR count). The van der Waals surface area contributed by atoms with Crippen molar-refractivity contribution in [3.63, 3.8) is 0 Å². The van der Waals surface area contributed by atoms with Gasteiger partial charge < -0.3 is 10.1 Å². The quantitative estimate of drug-likeness (QED) is 0.905. The molecule has 4 heteroatoms. The van der Waals surface area contributed by atoms with E-state index in [-0.39, 0.29) is 0 Å². The molecule has 0 fully saturated rings. The molecule has 0 spiro atoms. The van der Waals surface area contributed by atoms with Crippen molar-refractivity contribution in [3.05, 3.63) is 34.8 Å². The number of aromatic nitrogens is 1. The number of thiazole rings is 1. The third-order valence-corrected chi connectivity index (χ3v) is 3.86. The summed E-state index contributed by atoms with van der Waals surface area (Å²) in [6.07, 6.45) is 1.94. The molecule has 0 unspecified atom stereocenters. The van der Waals surface area contributed by atoms with E-state index in [1.54, 1.807) is 18.4 Å². The highest BCUT2D eigenvalue weighted by atomic mass is 32.1. The summed E-state index contributed by atoms with van der Waals surface area (Å²) in [6.45, 7) is 7.21.